The van der Waals surface area contributed by atoms with E-state index in [0.717, 1.165) is 12.0 Å². The van der Waals surface area contributed by atoms with Crippen LogP contribution in [0, 0.1) is 5.82 Å². The van der Waals surface area contributed by atoms with Crippen LogP contribution in [0.5, 0.6) is 0 Å². The number of rotatable bonds is 4. The summed E-state index contributed by atoms with van der Waals surface area (Å²) in [5.41, 5.74) is 2.80. The van der Waals surface area contributed by atoms with Crippen LogP contribution in [-0.4, -0.2) is 17.9 Å². The molecule has 1 amide bonds. The quantitative estimate of drug-likeness (QED) is 0.799. The summed E-state index contributed by atoms with van der Waals surface area (Å²) in [4.78, 5) is 14.0. The average molecular weight is 350 g/mol. The largest absolute Gasteiger partial charge is 0.337 e. The smallest absolute Gasteiger partial charge is 0.255 e. The van der Waals surface area contributed by atoms with Gasteiger partial charge >= 0.3 is 0 Å². The number of benzene rings is 2. The maximum atomic E-state index is 13.1. The lowest BCUT2D eigenvalue weighted by atomic mass is 10.1. The van der Waals surface area contributed by atoms with Crippen molar-refractivity contribution in [3.05, 3.63) is 69.4 Å². The Morgan fingerprint density at radius 3 is 2.33 bits per heavy atom. The summed E-state index contributed by atoms with van der Waals surface area (Å²) < 4.78 is 13.5. The Balaban J connectivity index is 2.11. The topological polar surface area (TPSA) is 20.3 Å². The highest BCUT2D eigenvalue weighted by molar-refractivity contribution is 9.10. The summed E-state index contributed by atoms with van der Waals surface area (Å²) in [5.74, 6) is -0.502. The Labute approximate surface area is 132 Å². The second kappa shape index (κ2) is 6.85. The van der Waals surface area contributed by atoms with Crippen molar-refractivity contribution in [2.24, 2.45) is 0 Å². The SMILES string of the molecule is CCc1ccc(CN(C)C(=O)c2ccc(F)cc2Br)cc1. The number of aryl methyl sites for hydroxylation is 1. The molecule has 2 rings (SSSR count). The lowest BCUT2D eigenvalue weighted by molar-refractivity contribution is 0.0784. The summed E-state index contributed by atoms with van der Waals surface area (Å²) >= 11 is 3.23. The van der Waals surface area contributed by atoms with E-state index in [1.54, 1.807) is 11.9 Å². The summed E-state index contributed by atoms with van der Waals surface area (Å²) in [7, 11) is 1.74. The van der Waals surface area contributed by atoms with Crippen molar-refractivity contribution in [2.45, 2.75) is 19.9 Å². The van der Waals surface area contributed by atoms with Gasteiger partial charge < -0.3 is 4.90 Å². The monoisotopic (exact) mass is 349 g/mol. The van der Waals surface area contributed by atoms with E-state index in [0.29, 0.717) is 16.6 Å². The first-order chi connectivity index (χ1) is 10.0. The molecule has 0 unspecified atom stereocenters. The molecule has 0 spiro atoms. The molecule has 0 bridgehead atoms. The molecule has 4 heteroatoms. The Morgan fingerprint density at radius 2 is 1.76 bits per heavy atom. The van der Waals surface area contributed by atoms with E-state index in [9.17, 15) is 9.18 Å². The zero-order valence-corrected chi connectivity index (χ0v) is 13.7. The molecular formula is C17H17BrFNO. The minimum Gasteiger partial charge on any atom is -0.337 e. The summed E-state index contributed by atoms with van der Waals surface area (Å²) in [6.07, 6.45) is 0.998. The highest BCUT2D eigenvalue weighted by atomic mass is 79.9. The Bertz CT molecular complexity index is 640. The van der Waals surface area contributed by atoms with Crippen LogP contribution in [0.4, 0.5) is 4.39 Å². The molecule has 0 saturated carbocycles. The Kier molecular flexibility index (Phi) is 5.12. The lowest BCUT2D eigenvalue weighted by Gasteiger charge is -2.18. The molecule has 0 N–H and O–H groups in total. The maximum absolute atomic E-state index is 13.1. The molecule has 0 fully saturated rings. The summed E-state index contributed by atoms with van der Waals surface area (Å²) in [6, 6.07) is 12.3. The fraction of sp³-hybridized carbons (Fsp3) is 0.235. The van der Waals surface area contributed by atoms with E-state index in [2.05, 4.69) is 35.0 Å². The molecule has 0 aliphatic carbocycles. The standard InChI is InChI=1S/C17H17BrFNO/c1-3-12-4-6-13(7-5-12)11-20(2)17(21)15-9-8-14(19)10-16(15)18/h4-10H,3,11H2,1-2H3. The highest BCUT2D eigenvalue weighted by Crippen LogP contribution is 2.20. The maximum Gasteiger partial charge on any atom is 0.255 e. The van der Waals surface area contributed by atoms with Gasteiger partial charge in [-0.15, -0.1) is 0 Å². The predicted octanol–water partition coefficient (Wildman–Crippen LogP) is 4.42. The molecule has 2 nitrogen and oxygen atoms in total. The van der Waals surface area contributed by atoms with Gasteiger partial charge in [0.1, 0.15) is 5.82 Å². The van der Waals surface area contributed by atoms with E-state index in [1.165, 1.54) is 23.8 Å². The molecule has 0 radical (unpaired) electrons. The van der Waals surface area contributed by atoms with Gasteiger partial charge in [0.05, 0.1) is 5.56 Å². The van der Waals surface area contributed by atoms with Gasteiger partial charge in [0.2, 0.25) is 0 Å². The van der Waals surface area contributed by atoms with Crippen LogP contribution in [0.15, 0.2) is 46.9 Å². The van der Waals surface area contributed by atoms with Crippen molar-refractivity contribution in [1.29, 1.82) is 0 Å². The Morgan fingerprint density at radius 1 is 1.14 bits per heavy atom. The first-order valence-electron chi connectivity index (χ1n) is 6.79. The van der Waals surface area contributed by atoms with Gasteiger partial charge in [0, 0.05) is 18.1 Å². The molecule has 21 heavy (non-hydrogen) atoms. The molecule has 0 aliphatic rings. The fourth-order valence-corrected chi connectivity index (χ4v) is 2.62. The molecule has 0 heterocycles. The number of amides is 1. The van der Waals surface area contributed by atoms with Crippen LogP contribution in [-0.2, 0) is 13.0 Å². The van der Waals surface area contributed by atoms with Crippen LogP contribution < -0.4 is 0 Å². The van der Waals surface area contributed by atoms with Crippen LogP contribution in [0.3, 0.4) is 0 Å². The Hall–Kier alpha value is -1.68. The fourth-order valence-electron chi connectivity index (χ4n) is 2.09. The zero-order chi connectivity index (χ0) is 15.4. The second-order valence-electron chi connectivity index (χ2n) is 4.96. The summed E-state index contributed by atoms with van der Waals surface area (Å²) in [6.45, 7) is 2.63. The molecule has 0 saturated heterocycles. The zero-order valence-electron chi connectivity index (χ0n) is 12.1. The van der Waals surface area contributed by atoms with Gasteiger partial charge in [-0.1, -0.05) is 31.2 Å². The van der Waals surface area contributed by atoms with Gasteiger partial charge in [-0.25, -0.2) is 4.39 Å². The number of hydrogen-bond donors (Lipinski definition) is 0. The molecule has 0 atom stereocenters. The first kappa shape index (κ1) is 15.7. The van der Waals surface area contributed by atoms with Crippen LogP contribution in [0.1, 0.15) is 28.4 Å². The predicted molar refractivity (Wildman–Crippen MR) is 85.7 cm³/mol. The normalized spacial score (nSPS) is 10.5. The van der Waals surface area contributed by atoms with E-state index < -0.39 is 0 Å². The van der Waals surface area contributed by atoms with Gasteiger partial charge in [-0.3, -0.25) is 4.79 Å². The van der Waals surface area contributed by atoms with E-state index in [4.69, 9.17) is 0 Å². The third-order valence-corrected chi connectivity index (χ3v) is 4.02. The van der Waals surface area contributed by atoms with Crippen molar-refractivity contribution < 1.29 is 9.18 Å². The summed E-state index contributed by atoms with van der Waals surface area (Å²) in [5, 5.41) is 0. The van der Waals surface area contributed by atoms with Crippen molar-refractivity contribution in [1.82, 2.24) is 4.90 Å². The molecule has 2 aromatic rings. The number of carbonyl (C=O) groups excluding carboxylic acids is 1. The highest BCUT2D eigenvalue weighted by Gasteiger charge is 2.15. The van der Waals surface area contributed by atoms with E-state index in [-0.39, 0.29) is 11.7 Å². The minimum absolute atomic E-state index is 0.138. The van der Waals surface area contributed by atoms with Gasteiger partial charge in [-0.05, 0) is 51.7 Å². The van der Waals surface area contributed by atoms with Gasteiger partial charge in [-0.2, -0.15) is 0 Å². The van der Waals surface area contributed by atoms with Crippen LogP contribution >= 0.6 is 15.9 Å². The number of halogens is 2. The molecule has 110 valence electrons. The third-order valence-electron chi connectivity index (χ3n) is 3.36. The minimum atomic E-state index is -0.365. The number of carbonyl (C=O) groups is 1. The average Bonchev–Trinajstić information content (AvgIpc) is 2.47. The van der Waals surface area contributed by atoms with Crippen molar-refractivity contribution in [2.75, 3.05) is 7.05 Å². The number of nitrogens with zero attached hydrogens (tertiary/aromatic N) is 1. The van der Waals surface area contributed by atoms with E-state index in [1.807, 2.05) is 12.1 Å². The molecule has 0 aliphatic heterocycles. The number of hydrogen-bond acceptors (Lipinski definition) is 1. The second-order valence-corrected chi connectivity index (χ2v) is 5.81. The third kappa shape index (κ3) is 3.91. The van der Waals surface area contributed by atoms with Gasteiger partial charge in [0.25, 0.3) is 5.91 Å². The van der Waals surface area contributed by atoms with Gasteiger partial charge in [0.15, 0.2) is 0 Å². The lowest BCUT2D eigenvalue weighted by Crippen LogP contribution is -2.26. The van der Waals surface area contributed by atoms with Crippen molar-refractivity contribution in [3.63, 3.8) is 0 Å². The van der Waals surface area contributed by atoms with Crippen LogP contribution in [0.25, 0.3) is 0 Å². The van der Waals surface area contributed by atoms with Crippen molar-refractivity contribution in [3.8, 4) is 0 Å². The van der Waals surface area contributed by atoms with Crippen LogP contribution in [0.2, 0.25) is 0 Å². The van der Waals surface area contributed by atoms with Crippen molar-refractivity contribution >= 4 is 21.8 Å². The molecule has 0 aromatic heterocycles. The van der Waals surface area contributed by atoms with E-state index >= 15 is 0 Å². The molecule has 2 aromatic carbocycles. The molecular weight excluding hydrogens is 333 g/mol. The first-order valence-corrected chi connectivity index (χ1v) is 7.59.